The van der Waals surface area contributed by atoms with E-state index in [1.54, 1.807) is 12.1 Å². The van der Waals surface area contributed by atoms with Crippen LogP contribution in [0.15, 0.2) is 48.8 Å². The predicted molar refractivity (Wildman–Crippen MR) is 84.3 cm³/mol. The van der Waals surface area contributed by atoms with Gasteiger partial charge in [0, 0.05) is 25.0 Å². The fraction of sp³-hybridized carbons (Fsp3) is 0.125. The van der Waals surface area contributed by atoms with Crippen LogP contribution in [0, 0.1) is 0 Å². The fourth-order valence-electron chi connectivity index (χ4n) is 2.24. The molecule has 0 spiro atoms. The van der Waals surface area contributed by atoms with Crippen molar-refractivity contribution in [3.63, 3.8) is 0 Å². The quantitative estimate of drug-likeness (QED) is 0.706. The maximum absolute atomic E-state index is 12.0. The zero-order valence-electron chi connectivity index (χ0n) is 12.5. The number of benzene rings is 1. The number of fused-ring (bicyclic) bond motifs is 1. The number of para-hydroxylation sites is 2. The molecule has 0 aliphatic heterocycles. The summed E-state index contributed by atoms with van der Waals surface area (Å²) in [4.78, 5) is 32.1. The number of pyridine rings is 1. The summed E-state index contributed by atoms with van der Waals surface area (Å²) in [5.74, 6) is -0.113. The number of rotatable bonds is 3. The molecule has 0 fully saturated rings. The molecule has 0 aliphatic carbocycles. The third-order valence-corrected chi connectivity index (χ3v) is 3.46. The molecule has 0 saturated heterocycles. The van der Waals surface area contributed by atoms with Crippen molar-refractivity contribution in [2.45, 2.75) is 6.42 Å². The van der Waals surface area contributed by atoms with Gasteiger partial charge in [0.15, 0.2) is 0 Å². The first-order chi connectivity index (χ1) is 11.1. The number of nitrogens with one attached hydrogen (secondary N) is 2. The number of imidazole rings is 1. The van der Waals surface area contributed by atoms with E-state index >= 15 is 0 Å². The first kappa shape index (κ1) is 14.7. The van der Waals surface area contributed by atoms with E-state index in [-0.39, 0.29) is 12.3 Å². The molecule has 23 heavy (non-hydrogen) atoms. The van der Waals surface area contributed by atoms with Gasteiger partial charge in [-0.05, 0) is 24.3 Å². The van der Waals surface area contributed by atoms with E-state index < -0.39 is 5.91 Å². The topological polar surface area (TPSA) is 88.9 Å². The molecule has 1 aromatic carbocycles. The van der Waals surface area contributed by atoms with Gasteiger partial charge in [0.05, 0.1) is 17.5 Å². The van der Waals surface area contributed by atoms with Crippen LogP contribution in [-0.4, -0.2) is 26.3 Å². The lowest BCUT2D eigenvalue weighted by Gasteiger charge is -2.07. The largest absolute Gasteiger partial charge is 0.331 e. The molecule has 2 aromatic heterocycles. The summed E-state index contributed by atoms with van der Waals surface area (Å²) >= 11 is 0. The van der Waals surface area contributed by atoms with Gasteiger partial charge in [-0.3, -0.25) is 25.4 Å². The molecule has 7 nitrogen and oxygen atoms in total. The van der Waals surface area contributed by atoms with Crippen LogP contribution >= 0.6 is 0 Å². The number of carbonyl (C=O) groups excluding carboxylic acids is 2. The van der Waals surface area contributed by atoms with Crippen LogP contribution in [0.3, 0.4) is 0 Å². The second kappa shape index (κ2) is 6.27. The summed E-state index contributed by atoms with van der Waals surface area (Å²) in [6.07, 6.45) is 3.09. The molecule has 0 radical (unpaired) electrons. The number of nitrogens with zero attached hydrogens (tertiary/aromatic N) is 3. The Morgan fingerprint density at radius 1 is 1.09 bits per heavy atom. The maximum atomic E-state index is 12.0. The van der Waals surface area contributed by atoms with E-state index in [4.69, 9.17) is 0 Å². The van der Waals surface area contributed by atoms with E-state index in [9.17, 15) is 9.59 Å². The van der Waals surface area contributed by atoms with Crippen molar-refractivity contribution in [1.82, 2.24) is 25.4 Å². The molecule has 0 bridgehead atoms. The van der Waals surface area contributed by atoms with E-state index in [2.05, 4.69) is 20.8 Å². The molecule has 0 aliphatic rings. The zero-order valence-corrected chi connectivity index (χ0v) is 12.5. The Morgan fingerprint density at radius 2 is 1.83 bits per heavy atom. The van der Waals surface area contributed by atoms with Gasteiger partial charge >= 0.3 is 0 Å². The summed E-state index contributed by atoms with van der Waals surface area (Å²) < 4.78 is 1.86. The van der Waals surface area contributed by atoms with Crippen LogP contribution in [0.1, 0.15) is 16.2 Å². The molecule has 116 valence electrons. The molecular formula is C16H15N5O2. The second-order valence-electron chi connectivity index (χ2n) is 4.99. The first-order valence-electron chi connectivity index (χ1n) is 7.04. The monoisotopic (exact) mass is 309 g/mol. The molecule has 7 heteroatoms. The minimum atomic E-state index is -0.397. The summed E-state index contributed by atoms with van der Waals surface area (Å²) in [7, 11) is 1.85. The van der Waals surface area contributed by atoms with Gasteiger partial charge in [-0.2, -0.15) is 0 Å². The Balaban J connectivity index is 1.63. The molecule has 3 rings (SSSR count). The smallest absolute Gasteiger partial charge is 0.269 e. The highest BCUT2D eigenvalue weighted by atomic mass is 16.2. The highest BCUT2D eigenvalue weighted by molar-refractivity contribution is 5.95. The molecule has 3 aromatic rings. The highest BCUT2D eigenvalue weighted by Gasteiger charge is 2.12. The van der Waals surface area contributed by atoms with Gasteiger partial charge in [-0.25, -0.2) is 4.98 Å². The molecule has 2 amide bonds. The average Bonchev–Trinajstić information content (AvgIpc) is 2.90. The number of aromatic nitrogens is 3. The Hall–Kier alpha value is -3.22. The molecule has 0 saturated carbocycles. The third kappa shape index (κ3) is 3.18. The van der Waals surface area contributed by atoms with Crippen LogP contribution in [0.5, 0.6) is 0 Å². The Bertz CT molecular complexity index is 857. The Labute approximate surface area is 132 Å². The second-order valence-corrected chi connectivity index (χ2v) is 4.99. The van der Waals surface area contributed by atoms with Crippen molar-refractivity contribution in [2.24, 2.45) is 7.05 Å². The standard InChI is InChI=1S/C16H15N5O2/c1-21-13-5-3-2-4-12(13)18-14(21)10-15(22)19-20-16(23)11-6-8-17-9-7-11/h2-9H,10H2,1H3,(H,19,22)(H,20,23). The zero-order chi connectivity index (χ0) is 16.2. The molecule has 2 N–H and O–H groups in total. The van der Waals surface area contributed by atoms with Gasteiger partial charge in [0.1, 0.15) is 5.82 Å². The SMILES string of the molecule is Cn1c(CC(=O)NNC(=O)c2ccncc2)nc2ccccc21. The fourth-order valence-corrected chi connectivity index (χ4v) is 2.24. The molecule has 0 unspecified atom stereocenters. The summed E-state index contributed by atoms with van der Waals surface area (Å²) in [6.45, 7) is 0. The van der Waals surface area contributed by atoms with Crippen molar-refractivity contribution in [1.29, 1.82) is 0 Å². The molecule has 0 atom stereocenters. The lowest BCUT2D eigenvalue weighted by Crippen LogP contribution is -2.42. The first-order valence-corrected chi connectivity index (χ1v) is 7.04. The lowest BCUT2D eigenvalue weighted by molar-refractivity contribution is -0.121. The number of aryl methyl sites for hydroxylation is 1. The number of amides is 2. The summed E-state index contributed by atoms with van der Waals surface area (Å²) in [6, 6.07) is 10.8. The van der Waals surface area contributed by atoms with Crippen LogP contribution in [-0.2, 0) is 18.3 Å². The third-order valence-electron chi connectivity index (χ3n) is 3.46. The molecule has 2 heterocycles. The number of hydrogen-bond acceptors (Lipinski definition) is 4. The maximum Gasteiger partial charge on any atom is 0.269 e. The summed E-state index contributed by atoms with van der Waals surface area (Å²) in [5.41, 5.74) is 6.96. The van der Waals surface area contributed by atoms with Crippen LogP contribution in [0.4, 0.5) is 0 Å². The van der Waals surface area contributed by atoms with Gasteiger partial charge in [0.2, 0.25) is 5.91 Å². The van der Waals surface area contributed by atoms with Crippen LogP contribution in [0.2, 0.25) is 0 Å². The number of hydrazine groups is 1. The van der Waals surface area contributed by atoms with Gasteiger partial charge in [0.25, 0.3) is 5.91 Å². The van der Waals surface area contributed by atoms with Gasteiger partial charge in [-0.1, -0.05) is 12.1 Å². The number of carbonyl (C=O) groups is 2. The van der Waals surface area contributed by atoms with Crippen molar-refractivity contribution in [2.75, 3.05) is 0 Å². The minimum Gasteiger partial charge on any atom is -0.331 e. The van der Waals surface area contributed by atoms with Crippen LogP contribution in [0.25, 0.3) is 11.0 Å². The van der Waals surface area contributed by atoms with Gasteiger partial charge in [-0.15, -0.1) is 0 Å². The van der Waals surface area contributed by atoms with E-state index in [1.807, 2.05) is 35.9 Å². The number of hydrogen-bond donors (Lipinski definition) is 2. The normalized spacial score (nSPS) is 10.5. The minimum absolute atomic E-state index is 0.0712. The Morgan fingerprint density at radius 3 is 2.57 bits per heavy atom. The van der Waals surface area contributed by atoms with Crippen molar-refractivity contribution in [3.8, 4) is 0 Å². The van der Waals surface area contributed by atoms with Crippen LogP contribution < -0.4 is 10.9 Å². The lowest BCUT2D eigenvalue weighted by atomic mass is 10.2. The van der Waals surface area contributed by atoms with E-state index in [0.717, 1.165) is 11.0 Å². The van der Waals surface area contributed by atoms with Crippen molar-refractivity contribution in [3.05, 3.63) is 60.2 Å². The van der Waals surface area contributed by atoms with Crippen molar-refractivity contribution < 1.29 is 9.59 Å². The van der Waals surface area contributed by atoms with E-state index in [1.165, 1.54) is 12.4 Å². The van der Waals surface area contributed by atoms with Gasteiger partial charge < -0.3 is 4.57 Å². The Kier molecular flexibility index (Phi) is 4.01. The van der Waals surface area contributed by atoms with Crippen molar-refractivity contribution >= 4 is 22.8 Å². The molecular weight excluding hydrogens is 294 g/mol. The summed E-state index contributed by atoms with van der Waals surface area (Å²) in [5, 5.41) is 0. The highest BCUT2D eigenvalue weighted by Crippen LogP contribution is 2.14. The predicted octanol–water partition coefficient (Wildman–Crippen LogP) is 0.972. The van der Waals surface area contributed by atoms with E-state index in [0.29, 0.717) is 11.4 Å². The average molecular weight is 309 g/mol.